The van der Waals surface area contributed by atoms with Gasteiger partial charge in [0, 0.05) is 5.41 Å². The zero-order valence-corrected chi connectivity index (χ0v) is 10.4. The number of hydrogen-bond acceptors (Lipinski definition) is 2. The summed E-state index contributed by atoms with van der Waals surface area (Å²) in [5.74, 6) is -0.103. The first kappa shape index (κ1) is 12.0. The van der Waals surface area contributed by atoms with Gasteiger partial charge < -0.3 is 9.84 Å². The van der Waals surface area contributed by atoms with Crippen LogP contribution in [0.4, 0.5) is 0 Å². The highest BCUT2D eigenvalue weighted by molar-refractivity contribution is 5.77. The lowest BCUT2D eigenvalue weighted by Crippen LogP contribution is -2.11. The molecule has 3 heteroatoms. The summed E-state index contributed by atoms with van der Waals surface area (Å²) < 4.78 is 5.56. The number of ether oxygens (including phenoxy) is 1. The SMILES string of the molecule is CC(C)Oc1ccc(C2(C)CC2C(=O)O)cc1. The van der Waals surface area contributed by atoms with Crippen molar-refractivity contribution in [1.82, 2.24) is 0 Å². The fourth-order valence-corrected chi connectivity index (χ4v) is 2.23. The summed E-state index contributed by atoms with van der Waals surface area (Å²) in [5, 5.41) is 9.00. The molecule has 0 radical (unpaired) electrons. The lowest BCUT2D eigenvalue weighted by Gasteiger charge is -2.13. The van der Waals surface area contributed by atoms with Gasteiger partial charge in [-0.2, -0.15) is 0 Å². The lowest BCUT2D eigenvalue weighted by atomic mass is 9.95. The van der Waals surface area contributed by atoms with E-state index >= 15 is 0 Å². The van der Waals surface area contributed by atoms with Crippen LogP contribution in [0.15, 0.2) is 24.3 Å². The third-order valence-electron chi connectivity index (χ3n) is 3.42. The van der Waals surface area contributed by atoms with Crippen molar-refractivity contribution >= 4 is 5.97 Å². The van der Waals surface area contributed by atoms with Crippen LogP contribution in [-0.4, -0.2) is 17.2 Å². The first-order valence-electron chi connectivity index (χ1n) is 5.93. The number of rotatable bonds is 4. The maximum absolute atomic E-state index is 10.9. The molecule has 92 valence electrons. The van der Waals surface area contributed by atoms with Gasteiger partial charge in [-0.15, -0.1) is 0 Å². The van der Waals surface area contributed by atoms with Gasteiger partial charge >= 0.3 is 5.97 Å². The Kier molecular flexibility index (Phi) is 2.86. The van der Waals surface area contributed by atoms with Crippen molar-refractivity contribution in [2.24, 2.45) is 5.92 Å². The van der Waals surface area contributed by atoms with Crippen molar-refractivity contribution in [1.29, 1.82) is 0 Å². The second-order valence-corrected chi connectivity index (χ2v) is 5.20. The van der Waals surface area contributed by atoms with Gasteiger partial charge in [0.05, 0.1) is 12.0 Å². The van der Waals surface area contributed by atoms with Gasteiger partial charge in [-0.25, -0.2) is 0 Å². The highest BCUT2D eigenvalue weighted by atomic mass is 16.5. The first-order valence-corrected chi connectivity index (χ1v) is 5.93. The Morgan fingerprint density at radius 2 is 2.00 bits per heavy atom. The molecule has 1 aliphatic carbocycles. The van der Waals surface area contributed by atoms with E-state index in [1.54, 1.807) is 0 Å². The monoisotopic (exact) mass is 234 g/mol. The van der Waals surface area contributed by atoms with Crippen LogP contribution in [0.5, 0.6) is 5.75 Å². The van der Waals surface area contributed by atoms with E-state index in [2.05, 4.69) is 0 Å². The third kappa shape index (κ3) is 2.28. The molecule has 0 heterocycles. The fraction of sp³-hybridized carbons (Fsp3) is 0.500. The van der Waals surface area contributed by atoms with Gasteiger partial charge in [0.25, 0.3) is 0 Å². The largest absolute Gasteiger partial charge is 0.491 e. The molecule has 17 heavy (non-hydrogen) atoms. The molecule has 0 aromatic heterocycles. The highest BCUT2D eigenvalue weighted by Crippen LogP contribution is 2.54. The Morgan fingerprint density at radius 3 is 2.41 bits per heavy atom. The average Bonchev–Trinajstić information content (AvgIpc) is 2.92. The summed E-state index contributed by atoms with van der Waals surface area (Å²) in [6, 6.07) is 7.77. The minimum atomic E-state index is -0.699. The van der Waals surface area contributed by atoms with E-state index in [4.69, 9.17) is 9.84 Å². The summed E-state index contributed by atoms with van der Waals surface area (Å²) in [4.78, 5) is 10.9. The van der Waals surface area contributed by atoms with E-state index in [-0.39, 0.29) is 17.4 Å². The molecule has 0 bridgehead atoms. The molecule has 0 amide bonds. The van der Waals surface area contributed by atoms with Crippen molar-refractivity contribution < 1.29 is 14.6 Å². The van der Waals surface area contributed by atoms with E-state index in [1.807, 2.05) is 45.0 Å². The summed E-state index contributed by atoms with van der Waals surface area (Å²) in [7, 11) is 0. The van der Waals surface area contributed by atoms with Crippen molar-refractivity contribution in [2.45, 2.75) is 38.7 Å². The van der Waals surface area contributed by atoms with Gasteiger partial charge in [0.1, 0.15) is 5.75 Å². The van der Waals surface area contributed by atoms with Crippen LogP contribution in [-0.2, 0) is 10.2 Å². The van der Waals surface area contributed by atoms with Gasteiger partial charge in [0.15, 0.2) is 0 Å². The molecule has 0 aliphatic heterocycles. The molecule has 1 saturated carbocycles. The second-order valence-electron chi connectivity index (χ2n) is 5.20. The van der Waals surface area contributed by atoms with Crippen LogP contribution in [0.3, 0.4) is 0 Å². The molecule has 3 nitrogen and oxygen atoms in total. The second kappa shape index (κ2) is 4.06. The number of benzene rings is 1. The van der Waals surface area contributed by atoms with Crippen LogP contribution in [0.25, 0.3) is 0 Å². The van der Waals surface area contributed by atoms with Crippen molar-refractivity contribution in [3.8, 4) is 5.75 Å². The molecule has 1 N–H and O–H groups in total. The van der Waals surface area contributed by atoms with Crippen LogP contribution >= 0.6 is 0 Å². The molecule has 1 aromatic carbocycles. The molecule has 1 aliphatic rings. The zero-order valence-electron chi connectivity index (χ0n) is 10.4. The normalized spacial score (nSPS) is 26.9. The molecule has 0 spiro atoms. The topological polar surface area (TPSA) is 46.5 Å². The van der Waals surface area contributed by atoms with Gasteiger partial charge in [-0.3, -0.25) is 4.79 Å². The van der Waals surface area contributed by atoms with Crippen LogP contribution in [0, 0.1) is 5.92 Å². The first-order chi connectivity index (χ1) is 7.93. The number of carbonyl (C=O) groups is 1. The Bertz CT molecular complexity index is 422. The Balaban J connectivity index is 2.12. The summed E-state index contributed by atoms with van der Waals surface area (Å²) >= 11 is 0. The molecule has 2 unspecified atom stereocenters. The Morgan fingerprint density at radius 1 is 1.41 bits per heavy atom. The predicted octanol–water partition coefficient (Wildman–Crippen LogP) is 2.84. The van der Waals surface area contributed by atoms with E-state index in [0.717, 1.165) is 17.7 Å². The predicted molar refractivity (Wildman–Crippen MR) is 65.3 cm³/mol. The summed E-state index contributed by atoms with van der Waals surface area (Å²) in [6.45, 7) is 5.97. The van der Waals surface area contributed by atoms with Gasteiger partial charge in [-0.1, -0.05) is 19.1 Å². The minimum Gasteiger partial charge on any atom is -0.491 e. The quantitative estimate of drug-likeness (QED) is 0.871. The summed E-state index contributed by atoms with van der Waals surface area (Å²) in [6.07, 6.45) is 0.885. The molecule has 1 fully saturated rings. The number of aliphatic carboxylic acids is 1. The fourth-order valence-electron chi connectivity index (χ4n) is 2.23. The highest BCUT2D eigenvalue weighted by Gasteiger charge is 2.55. The molecular weight excluding hydrogens is 216 g/mol. The molecule has 1 aromatic rings. The standard InChI is InChI=1S/C14H18O3/c1-9(2)17-11-6-4-10(5-7-11)14(3)8-12(14)13(15)16/h4-7,9,12H,8H2,1-3H3,(H,15,16). The van der Waals surface area contributed by atoms with E-state index < -0.39 is 5.97 Å². The lowest BCUT2D eigenvalue weighted by molar-refractivity contribution is -0.138. The van der Waals surface area contributed by atoms with Gasteiger partial charge in [-0.05, 0) is 38.0 Å². The van der Waals surface area contributed by atoms with Gasteiger partial charge in [0.2, 0.25) is 0 Å². The average molecular weight is 234 g/mol. The Hall–Kier alpha value is -1.51. The molecular formula is C14H18O3. The van der Waals surface area contributed by atoms with E-state index in [0.29, 0.717) is 0 Å². The number of hydrogen-bond donors (Lipinski definition) is 1. The third-order valence-corrected chi connectivity index (χ3v) is 3.42. The van der Waals surface area contributed by atoms with Crippen molar-refractivity contribution in [3.05, 3.63) is 29.8 Å². The summed E-state index contributed by atoms with van der Waals surface area (Å²) in [5.41, 5.74) is 0.892. The zero-order chi connectivity index (χ0) is 12.6. The molecule has 2 atom stereocenters. The smallest absolute Gasteiger partial charge is 0.307 e. The minimum absolute atomic E-state index is 0.157. The van der Waals surface area contributed by atoms with Crippen molar-refractivity contribution in [3.63, 3.8) is 0 Å². The van der Waals surface area contributed by atoms with Crippen LogP contribution in [0.2, 0.25) is 0 Å². The maximum atomic E-state index is 10.9. The van der Waals surface area contributed by atoms with Crippen molar-refractivity contribution in [2.75, 3.05) is 0 Å². The number of carboxylic acids is 1. The van der Waals surface area contributed by atoms with Crippen LogP contribution < -0.4 is 4.74 Å². The van der Waals surface area contributed by atoms with E-state index in [9.17, 15) is 4.79 Å². The molecule has 2 rings (SSSR count). The maximum Gasteiger partial charge on any atom is 0.307 e. The molecule has 0 saturated heterocycles. The number of carboxylic acid groups (broad SMARTS) is 1. The van der Waals surface area contributed by atoms with E-state index in [1.165, 1.54) is 0 Å². The Labute approximate surface area is 101 Å². The van der Waals surface area contributed by atoms with Crippen LogP contribution in [0.1, 0.15) is 32.8 Å².